The van der Waals surface area contributed by atoms with Crippen molar-refractivity contribution in [2.45, 2.75) is 5.60 Å². The third-order valence-electron chi connectivity index (χ3n) is 4.23. The Hall–Kier alpha value is -3.11. The summed E-state index contributed by atoms with van der Waals surface area (Å²) in [7, 11) is 3.04. The van der Waals surface area contributed by atoms with Gasteiger partial charge < -0.3 is 14.2 Å². The van der Waals surface area contributed by atoms with Crippen LogP contribution >= 0.6 is 0 Å². The molecule has 3 aromatic carbocycles. The quantitative estimate of drug-likeness (QED) is 0.495. The molecule has 0 saturated heterocycles. The lowest BCUT2D eigenvalue weighted by Gasteiger charge is -2.31. The standard InChI is InChI=1S/C22H20O4/c1-24-19-15-9-10-16-20(19)26-21(23)22(25-2,17-11-5-3-6-12-17)18-13-7-4-8-14-18/h3-16H,1-2H3. The zero-order valence-corrected chi connectivity index (χ0v) is 14.7. The Labute approximate surface area is 153 Å². The average molecular weight is 348 g/mol. The van der Waals surface area contributed by atoms with Gasteiger partial charge in [-0.3, -0.25) is 0 Å². The third kappa shape index (κ3) is 3.19. The molecule has 0 aliphatic rings. The van der Waals surface area contributed by atoms with Gasteiger partial charge in [0.15, 0.2) is 11.5 Å². The summed E-state index contributed by atoms with van der Waals surface area (Å²) in [5.41, 5.74) is -0.00851. The van der Waals surface area contributed by atoms with Crippen LogP contribution in [0.5, 0.6) is 11.5 Å². The maximum atomic E-state index is 13.3. The Balaban J connectivity index is 2.10. The van der Waals surface area contributed by atoms with Gasteiger partial charge in [-0.2, -0.15) is 0 Å². The Morgan fingerprint density at radius 1 is 0.692 bits per heavy atom. The molecule has 0 aliphatic carbocycles. The first-order valence-electron chi connectivity index (χ1n) is 8.24. The summed E-state index contributed by atoms with van der Waals surface area (Å²) >= 11 is 0. The fourth-order valence-electron chi connectivity index (χ4n) is 2.94. The highest BCUT2D eigenvalue weighted by atomic mass is 16.6. The number of carbonyl (C=O) groups excluding carboxylic acids is 1. The number of hydrogen-bond acceptors (Lipinski definition) is 4. The number of benzene rings is 3. The minimum absolute atomic E-state index is 0.341. The van der Waals surface area contributed by atoms with Gasteiger partial charge in [-0.15, -0.1) is 0 Å². The lowest BCUT2D eigenvalue weighted by molar-refractivity contribution is -0.155. The summed E-state index contributed by atoms with van der Waals surface area (Å²) < 4.78 is 16.8. The van der Waals surface area contributed by atoms with E-state index in [0.717, 1.165) is 0 Å². The summed E-state index contributed by atoms with van der Waals surface area (Å²) in [6, 6.07) is 25.6. The monoisotopic (exact) mass is 348 g/mol. The second kappa shape index (κ2) is 7.85. The number of methoxy groups -OCH3 is 2. The van der Waals surface area contributed by atoms with E-state index in [-0.39, 0.29) is 0 Å². The molecule has 0 N–H and O–H groups in total. The van der Waals surface area contributed by atoms with Crippen molar-refractivity contribution in [3.05, 3.63) is 96.1 Å². The number of carbonyl (C=O) groups is 1. The normalized spacial score (nSPS) is 11.0. The van der Waals surface area contributed by atoms with Crippen molar-refractivity contribution in [2.24, 2.45) is 0 Å². The van der Waals surface area contributed by atoms with E-state index in [1.807, 2.05) is 66.7 Å². The number of rotatable bonds is 6. The highest BCUT2D eigenvalue weighted by Crippen LogP contribution is 2.36. The summed E-state index contributed by atoms with van der Waals surface area (Å²) in [6.07, 6.45) is 0. The fourth-order valence-corrected chi connectivity index (χ4v) is 2.94. The zero-order valence-electron chi connectivity index (χ0n) is 14.7. The van der Waals surface area contributed by atoms with E-state index >= 15 is 0 Å². The Bertz CT molecular complexity index is 820. The molecule has 0 amide bonds. The Morgan fingerprint density at radius 3 is 1.62 bits per heavy atom. The van der Waals surface area contributed by atoms with E-state index in [0.29, 0.717) is 22.6 Å². The molecule has 4 heteroatoms. The molecule has 0 aliphatic heterocycles. The van der Waals surface area contributed by atoms with E-state index in [4.69, 9.17) is 14.2 Å². The number of ether oxygens (including phenoxy) is 3. The zero-order chi connectivity index (χ0) is 18.4. The molecule has 0 radical (unpaired) electrons. The molecule has 0 spiro atoms. The second-order valence-corrected chi connectivity index (χ2v) is 5.66. The Kier molecular flexibility index (Phi) is 5.34. The lowest BCUT2D eigenvalue weighted by atomic mass is 9.86. The molecule has 0 saturated carbocycles. The van der Waals surface area contributed by atoms with Crippen molar-refractivity contribution in [2.75, 3.05) is 14.2 Å². The SMILES string of the molecule is COc1ccccc1OC(=O)C(OC)(c1ccccc1)c1ccccc1. The van der Waals surface area contributed by atoms with E-state index < -0.39 is 11.6 Å². The van der Waals surface area contributed by atoms with Crippen molar-refractivity contribution < 1.29 is 19.0 Å². The van der Waals surface area contributed by atoms with Gasteiger partial charge in [-0.25, -0.2) is 4.79 Å². The predicted octanol–water partition coefficient (Wildman–Crippen LogP) is 4.19. The van der Waals surface area contributed by atoms with E-state index in [1.165, 1.54) is 14.2 Å². The molecular formula is C22H20O4. The maximum Gasteiger partial charge on any atom is 0.353 e. The average Bonchev–Trinajstić information content (AvgIpc) is 2.71. The van der Waals surface area contributed by atoms with Gasteiger partial charge in [0.2, 0.25) is 5.60 Å². The van der Waals surface area contributed by atoms with Crippen LogP contribution in [0.25, 0.3) is 0 Å². The molecule has 0 fully saturated rings. The largest absolute Gasteiger partial charge is 0.493 e. The van der Waals surface area contributed by atoms with Gasteiger partial charge in [-0.05, 0) is 23.3 Å². The van der Waals surface area contributed by atoms with Gasteiger partial charge in [0.05, 0.1) is 7.11 Å². The van der Waals surface area contributed by atoms with Crippen molar-refractivity contribution >= 4 is 5.97 Å². The van der Waals surface area contributed by atoms with Crippen LogP contribution in [0.2, 0.25) is 0 Å². The minimum Gasteiger partial charge on any atom is -0.493 e. The summed E-state index contributed by atoms with van der Waals surface area (Å²) in [4.78, 5) is 13.3. The summed E-state index contributed by atoms with van der Waals surface area (Å²) in [6.45, 7) is 0. The second-order valence-electron chi connectivity index (χ2n) is 5.66. The molecule has 0 heterocycles. The van der Waals surface area contributed by atoms with Gasteiger partial charge >= 0.3 is 5.97 Å². The van der Waals surface area contributed by atoms with E-state index in [2.05, 4.69) is 0 Å². The van der Waals surface area contributed by atoms with Crippen LogP contribution in [0.3, 0.4) is 0 Å². The minimum atomic E-state index is -1.39. The van der Waals surface area contributed by atoms with Crippen LogP contribution in [0, 0.1) is 0 Å². The summed E-state index contributed by atoms with van der Waals surface area (Å²) in [5.74, 6) is 0.280. The first-order valence-corrected chi connectivity index (χ1v) is 8.24. The highest BCUT2D eigenvalue weighted by molar-refractivity contribution is 5.88. The molecule has 0 bridgehead atoms. The van der Waals surface area contributed by atoms with Crippen molar-refractivity contribution in [1.29, 1.82) is 0 Å². The molecule has 0 aromatic heterocycles. The van der Waals surface area contributed by atoms with E-state index in [1.54, 1.807) is 18.2 Å². The van der Waals surface area contributed by atoms with Gasteiger partial charge in [0.1, 0.15) is 0 Å². The topological polar surface area (TPSA) is 44.8 Å². The fraction of sp³-hybridized carbons (Fsp3) is 0.136. The Morgan fingerprint density at radius 2 is 1.15 bits per heavy atom. The van der Waals surface area contributed by atoms with Crippen molar-refractivity contribution in [1.82, 2.24) is 0 Å². The molecular weight excluding hydrogens is 328 g/mol. The van der Waals surface area contributed by atoms with E-state index in [9.17, 15) is 4.79 Å². The van der Waals surface area contributed by atoms with Crippen LogP contribution in [0.1, 0.15) is 11.1 Å². The van der Waals surface area contributed by atoms with Gasteiger partial charge in [-0.1, -0.05) is 72.8 Å². The molecule has 4 nitrogen and oxygen atoms in total. The van der Waals surface area contributed by atoms with Gasteiger partial charge in [0.25, 0.3) is 0 Å². The van der Waals surface area contributed by atoms with Crippen LogP contribution in [0.15, 0.2) is 84.9 Å². The van der Waals surface area contributed by atoms with Crippen molar-refractivity contribution in [3.8, 4) is 11.5 Å². The number of para-hydroxylation sites is 2. The van der Waals surface area contributed by atoms with Gasteiger partial charge in [0, 0.05) is 7.11 Å². The van der Waals surface area contributed by atoms with Crippen LogP contribution in [-0.4, -0.2) is 20.2 Å². The lowest BCUT2D eigenvalue weighted by Crippen LogP contribution is -2.42. The molecule has 132 valence electrons. The molecule has 3 rings (SSSR count). The number of esters is 1. The maximum absolute atomic E-state index is 13.3. The third-order valence-corrected chi connectivity index (χ3v) is 4.23. The van der Waals surface area contributed by atoms with Crippen LogP contribution in [-0.2, 0) is 15.1 Å². The van der Waals surface area contributed by atoms with Crippen molar-refractivity contribution in [3.63, 3.8) is 0 Å². The number of hydrogen-bond donors (Lipinski definition) is 0. The molecule has 0 unspecified atom stereocenters. The predicted molar refractivity (Wildman–Crippen MR) is 99.3 cm³/mol. The summed E-state index contributed by atoms with van der Waals surface area (Å²) in [5, 5.41) is 0. The van der Waals surface area contributed by atoms with Crippen LogP contribution < -0.4 is 9.47 Å². The molecule has 0 atom stereocenters. The van der Waals surface area contributed by atoms with Crippen LogP contribution in [0.4, 0.5) is 0 Å². The molecule has 3 aromatic rings. The molecule has 26 heavy (non-hydrogen) atoms. The smallest absolute Gasteiger partial charge is 0.353 e. The highest BCUT2D eigenvalue weighted by Gasteiger charge is 2.44. The first-order chi connectivity index (χ1) is 12.7. The first kappa shape index (κ1) is 17.7.